The average molecular weight is 234 g/mol. The zero-order chi connectivity index (χ0) is 12.4. The van der Waals surface area contributed by atoms with Crippen molar-refractivity contribution < 1.29 is 0 Å². The summed E-state index contributed by atoms with van der Waals surface area (Å²) in [5.74, 6) is 0. The van der Waals surface area contributed by atoms with Crippen molar-refractivity contribution in [2.24, 2.45) is 0 Å². The molecule has 0 aliphatic heterocycles. The maximum atomic E-state index is 2.38. The van der Waals surface area contributed by atoms with Gasteiger partial charge in [0.25, 0.3) is 0 Å². The van der Waals surface area contributed by atoms with Gasteiger partial charge in [0.05, 0.1) is 0 Å². The molecule has 18 heavy (non-hydrogen) atoms. The molecule has 90 valence electrons. The van der Waals surface area contributed by atoms with Crippen molar-refractivity contribution in [3.05, 3.63) is 70.8 Å². The van der Waals surface area contributed by atoms with Crippen LogP contribution >= 0.6 is 0 Å². The normalized spacial score (nSPS) is 13.3. The largest absolute Gasteiger partial charge is 0.0651 e. The van der Waals surface area contributed by atoms with E-state index in [-0.39, 0.29) is 0 Å². The summed E-state index contributed by atoms with van der Waals surface area (Å²) in [6.45, 7) is 2.25. The molecule has 0 amide bonds. The number of benzene rings is 2. The van der Waals surface area contributed by atoms with E-state index in [1.165, 1.54) is 34.2 Å². The van der Waals surface area contributed by atoms with Gasteiger partial charge in [-0.05, 0) is 40.7 Å². The Morgan fingerprint density at radius 2 is 1.61 bits per heavy atom. The Bertz CT molecular complexity index is 590. The van der Waals surface area contributed by atoms with Crippen molar-refractivity contribution in [3.63, 3.8) is 0 Å². The summed E-state index contributed by atoms with van der Waals surface area (Å²) in [5, 5.41) is 0. The number of rotatable bonds is 2. The zero-order valence-electron chi connectivity index (χ0n) is 10.8. The number of hydrogen-bond donors (Lipinski definition) is 0. The average Bonchev–Trinajstić information content (AvgIpc) is 2.56. The fraction of sp³-hybridized carbons (Fsp3) is 0.222. The van der Waals surface area contributed by atoms with E-state index in [2.05, 4.69) is 61.5 Å². The van der Waals surface area contributed by atoms with Crippen LogP contribution in [-0.4, -0.2) is 0 Å². The van der Waals surface area contributed by atoms with Gasteiger partial charge in [0.15, 0.2) is 0 Å². The molecule has 0 unspecified atom stereocenters. The first-order chi connectivity index (χ1) is 8.88. The maximum absolute atomic E-state index is 2.38. The molecule has 0 saturated heterocycles. The van der Waals surface area contributed by atoms with Crippen molar-refractivity contribution in [1.82, 2.24) is 0 Å². The molecule has 0 spiro atoms. The fourth-order valence-electron chi connectivity index (χ4n) is 2.77. The second-order valence-corrected chi connectivity index (χ2v) is 4.95. The van der Waals surface area contributed by atoms with E-state index in [0.29, 0.717) is 0 Å². The van der Waals surface area contributed by atoms with Gasteiger partial charge in [0.1, 0.15) is 0 Å². The molecule has 0 heterocycles. The summed E-state index contributed by atoms with van der Waals surface area (Å²) in [4.78, 5) is 0. The van der Waals surface area contributed by atoms with Gasteiger partial charge in [-0.25, -0.2) is 0 Å². The number of allylic oxidation sites excluding steroid dienone is 1. The van der Waals surface area contributed by atoms with E-state index < -0.39 is 0 Å². The summed E-state index contributed by atoms with van der Waals surface area (Å²) in [6, 6.07) is 17.6. The van der Waals surface area contributed by atoms with Crippen LogP contribution in [0.3, 0.4) is 0 Å². The van der Waals surface area contributed by atoms with Gasteiger partial charge >= 0.3 is 0 Å². The van der Waals surface area contributed by atoms with Gasteiger partial charge in [-0.2, -0.15) is 0 Å². The summed E-state index contributed by atoms with van der Waals surface area (Å²) >= 11 is 0. The SMILES string of the molecule is CCCC1=Cc2ccccc2Cc2ccccc21. The first-order valence-electron chi connectivity index (χ1n) is 6.75. The molecule has 2 aromatic carbocycles. The van der Waals surface area contributed by atoms with Crippen LogP contribution < -0.4 is 0 Å². The van der Waals surface area contributed by atoms with Crippen LogP contribution in [0, 0.1) is 0 Å². The highest BCUT2D eigenvalue weighted by atomic mass is 14.2. The van der Waals surface area contributed by atoms with E-state index >= 15 is 0 Å². The van der Waals surface area contributed by atoms with Gasteiger partial charge in [-0.15, -0.1) is 0 Å². The molecule has 0 bridgehead atoms. The van der Waals surface area contributed by atoms with Crippen LogP contribution in [-0.2, 0) is 6.42 Å². The molecule has 1 aliphatic carbocycles. The summed E-state index contributed by atoms with van der Waals surface area (Å²) < 4.78 is 0. The Kier molecular flexibility index (Phi) is 3.02. The van der Waals surface area contributed by atoms with Crippen LogP contribution in [0.25, 0.3) is 11.6 Å². The lowest BCUT2D eigenvalue weighted by Gasteiger charge is -2.09. The molecule has 0 fully saturated rings. The Balaban J connectivity index is 2.19. The maximum Gasteiger partial charge on any atom is -0.00138 e. The molecule has 0 N–H and O–H groups in total. The van der Waals surface area contributed by atoms with Crippen LogP contribution in [0.2, 0.25) is 0 Å². The third-order valence-electron chi connectivity index (χ3n) is 3.65. The lowest BCUT2D eigenvalue weighted by Crippen LogP contribution is -1.92. The van der Waals surface area contributed by atoms with E-state index in [0.717, 1.165) is 12.8 Å². The molecule has 0 atom stereocenters. The minimum absolute atomic E-state index is 1.05. The standard InChI is InChI=1S/C18H18/c1-2-7-16-12-14-8-3-4-9-15(14)13-17-10-5-6-11-18(16)17/h3-6,8-12H,2,7,13H2,1H3. The molecule has 0 radical (unpaired) electrons. The van der Waals surface area contributed by atoms with Gasteiger partial charge in [-0.3, -0.25) is 0 Å². The van der Waals surface area contributed by atoms with Crippen LogP contribution in [0.4, 0.5) is 0 Å². The van der Waals surface area contributed by atoms with Gasteiger partial charge in [0, 0.05) is 0 Å². The van der Waals surface area contributed by atoms with E-state index in [1.54, 1.807) is 0 Å². The number of fused-ring (bicyclic) bond motifs is 2. The highest BCUT2D eigenvalue weighted by Gasteiger charge is 2.13. The third kappa shape index (κ3) is 1.99. The van der Waals surface area contributed by atoms with Gasteiger partial charge in [0.2, 0.25) is 0 Å². The molecule has 0 saturated carbocycles. The summed E-state index contributed by atoms with van der Waals surface area (Å²) in [7, 11) is 0. The molecule has 3 rings (SSSR count). The predicted octanol–water partition coefficient (Wildman–Crippen LogP) is 4.93. The minimum Gasteiger partial charge on any atom is -0.0651 e. The quantitative estimate of drug-likeness (QED) is 0.691. The first-order valence-corrected chi connectivity index (χ1v) is 6.75. The van der Waals surface area contributed by atoms with Gasteiger partial charge in [-0.1, -0.05) is 68.0 Å². The molecule has 0 heteroatoms. The fourth-order valence-corrected chi connectivity index (χ4v) is 2.77. The highest BCUT2D eigenvalue weighted by molar-refractivity contribution is 5.85. The smallest absolute Gasteiger partial charge is 0.00138 e. The Morgan fingerprint density at radius 3 is 2.44 bits per heavy atom. The second-order valence-electron chi connectivity index (χ2n) is 4.95. The Morgan fingerprint density at radius 1 is 0.889 bits per heavy atom. The monoisotopic (exact) mass is 234 g/mol. The predicted molar refractivity (Wildman–Crippen MR) is 78.5 cm³/mol. The number of hydrogen-bond acceptors (Lipinski definition) is 0. The molecular formula is C18H18. The lowest BCUT2D eigenvalue weighted by atomic mass is 9.96. The Labute approximate surface area is 109 Å². The molecule has 2 aromatic rings. The molecule has 0 nitrogen and oxygen atoms in total. The lowest BCUT2D eigenvalue weighted by molar-refractivity contribution is 0.974. The molecule has 0 aromatic heterocycles. The van der Waals surface area contributed by atoms with E-state index in [4.69, 9.17) is 0 Å². The van der Waals surface area contributed by atoms with Crippen LogP contribution in [0.1, 0.15) is 42.0 Å². The summed E-state index contributed by atoms with van der Waals surface area (Å²) in [5.41, 5.74) is 7.21. The highest BCUT2D eigenvalue weighted by Crippen LogP contribution is 2.32. The third-order valence-corrected chi connectivity index (χ3v) is 3.65. The first kappa shape index (κ1) is 11.3. The second kappa shape index (κ2) is 4.81. The zero-order valence-corrected chi connectivity index (χ0v) is 10.8. The van der Waals surface area contributed by atoms with Crippen LogP contribution in [0.15, 0.2) is 48.5 Å². The molecule has 1 aliphatic rings. The summed E-state index contributed by atoms with van der Waals surface area (Å²) in [6.07, 6.45) is 5.79. The molecular weight excluding hydrogens is 216 g/mol. The Hall–Kier alpha value is -1.82. The van der Waals surface area contributed by atoms with Crippen molar-refractivity contribution in [2.75, 3.05) is 0 Å². The van der Waals surface area contributed by atoms with Gasteiger partial charge < -0.3 is 0 Å². The van der Waals surface area contributed by atoms with Crippen LogP contribution in [0.5, 0.6) is 0 Å². The van der Waals surface area contributed by atoms with Crippen molar-refractivity contribution in [2.45, 2.75) is 26.2 Å². The topological polar surface area (TPSA) is 0 Å². The van der Waals surface area contributed by atoms with Crippen molar-refractivity contribution in [3.8, 4) is 0 Å². The van der Waals surface area contributed by atoms with Crippen molar-refractivity contribution >= 4 is 11.6 Å². The minimum atomic E-state index is 1.05. The van der Waals surface area contributed by atoms with Crippen molar-refractivity contribution in [1.29, 1.82) is 0 Å². The van der Waals surface area contributed by atoms with E-state index in [1.807, 2.05) is 0 Å². The van der Waals surface area contributed by atoms with E-state index in [9.17, 15) is 0 Å².